The van der Waals surface area contributed by atoms with E-state index < -0.39 is 10.0 Å². The van der Waals surface area contributed by atoms with Crippen LogP contribution in [-0.4, -0.2) is 37.4 Å². The van der Waals surface area contributed by atoms with Gasteiger partial charge in [0.2, 0.25) is 15.9 Å². The third kappa shape index (κ3) is 3.20. The molecule has 0 saturated carbocycles. The summed E-state index contributed by atoms with van der Waals surface area (Å²) in [5.41, 5.74) is 0. The van der Waals surface area contributed by atoms with Gasteiger partial charge in [0.15, 0.2) is 0 Å². The van der Waals surface area contributed by atoms with Crippen LogP contribution in [-0.2, 0) is 10.0 Å². The van der Waals surface area contributed by atoms with E-state index in [4.69, 9.17) is 4.74 Å². The molecule has 0 fully saturated rings. The summed E-state index contributed by atoms with van der Waals surface area (Å²) >= 11 is 0. The maximum Gasteiger partial charge on any atom is 0.244 e. The number of aromatic nitrogens is 1. The van der Waals surface area contributed by atoms with Gasteiger partial charge in [-0.05, 0) is 26.3 Å². The predicted octanol–water partition coefficient (Wildman–Crippen LogP) is 1.90. The molecule has 1 rings (SSSR count). The molecule has 0 aromatic carbocycles. The molecule has 0 radical (unpaired) electrons. The second kappa shape index (κ2) is 6.15. The zero-order valence-electron chi connectivity index (χ0n) is 11.3. The summed E-state index contributed by atoms with van der Waals surface area (Å²) in [6, 6.07) is 3.05. The van der Waals surface area contributed by atoms with Crippen molar-refractivity contribution in [1.29, 1.82) is 0 Å². The van der Waals surface area contributed by atoms with E-state index in [1.165, 1.54) is 16.6 Å². The van der Waals surface area contributed by atoms with Crippen molar-refractivity contribution in [3.05, 3.63) is 18.3 Å². The Morgan fingerprint density at radius 3 is 2.50 bits per heavy atom. The van der Waals surface area contributed by atoms with Crippen molar-refractivity contribution < 1.29 is 13.2 Å². The van der Waals surface area contributed by atoms with Gasteiger partial charge in [0, 0.05) is 19.2 Å². The maximum atomic E-state index is 12.2. The summed E-state index contributed by atoms with van der Waals surface area (Å²) < 4.78 is 31.0. The Hall–Kier alpha value is -1.14. The molecule has 1 heterocycles. The van der Waals surface area contributed by atoms with E-state index in [1.807, 2.05) is 20.8 Å². The summed E-state index contributed by atoms with van der Waals surface area (Å²) in [5.74, 6) is 0.433. The van der Waals surface area contributed by atoms with Crippen molar-refractivity contribution in [2.45, 2.75) is 38.1 Å². The summed E-state index contributed by atoms with van der Waals surface area (Å²) in [5, 5.41) is 0. The smallest absolute Gasteiger partial charge is 0.244 e. The molecule has 0 spiro atoms. The molecule has 0 aliphatic heterocycles. The average Bonchev–Trinajstić information content (AvgIpc) is 2.38. The topological polar surface area (TPSA) is 59.5 Å². The lowest BCUT2D eigenvalue weighted by Crippen LogP contribution is -2.34. The van der Waals surface area contributed by atoms with Gasteiger partial charge in [-0.25, -0.2) is 13.4 Å². The van der Waals surface area contributed by atoms with Gasteiger partial charge in [-0.1, -0.05) is 6.92 Å². The Morgan fingerprint density at radius 1 is 1.39 bits per heavy atom. The van der Waals surface area contributed by atoms with Gasteiger partial charge in [0.25, 0.3) is 0 Å². The van der Waals surface area contributed by atoms with E-state index in [1.54, 1.807) is 13.1 Å². The lowest BCUT2D eigenvalue weighted by Gasteiger charge is -2.22. The molecule has 102 valence electrons. The monoisotopic (exact) mass is 272 g/mol. The first kappa shape index (κ1) is 14.9. The van der Waals surface area contributed by atoms with E-state index >= 15 is 0 Å². The van der Waals surface area contributed by atoms with E-state index in [0.29, 0.717) is 12.5 Å². The van der Waals surface area contributed by atoms with Crippen LogP contribution in [0.5, 0.6) is 5.88 Å². The van der Waals surface area contributed by atoms with Crippen LogP contribution < -0.4 is 4.74 Å². The first-order valence-electron chi connectivity index (χ1n) is 6.00. The lowest BCUT2D eigenvalue weighted by atomic mass is 10.3. The Bertz CT molecular complexity index is 471. The molecule has 1 aromatic rings. The molecule has 0 aliphatic rings. The first-order chi connectivity index (χ1) is 8.43. The fraction of sp³-hybridized carbons (Fsp3) is 0.583. The molecule has 18 heavy (non-hydrogen) atoms. The van der Waals surface area contributed by atoms with E-state index in [-0.39, 0.29) is 10.9 Å². The number of sulfonamides is 1. The van der Waals surface area contributed by atoms with Crippen molar-refractivity contribution in [1.82, 2.24) is 9.29 Å². The van der Waals surface area contributed by atoms with Gasteiger partial charge in [0.1, 0.15) is 4.90 Å². The molecule has 1 aromatic heterocycles. The number of ether oxygens (including phenoxy) is 1. The van der Waals surface area contributed by atoms with E-state index in [9.17, 15) is 8.42 Å². The minimum atomic E-state index is -3.47. The molecule has 0 amide bonds. The highest BCUT2D eigenvalue weighted by Crippen LogP contribution is 2.18. The van der Waals surface area contributed by atoms with Crippen LogP contribution >= 0.6 is 0 Å². The fourth-order valence-corrected chi connectivity index (χ4v) is 2.79. The van der Waals surface area contributed by atoms with Crippen molar-refractivity contribution in [2.24, 2.45) is 0 Å². The highest BCUT2D eigenvalue weighted by Gasteiger charge is 2.24. The lowest BCUT2D eigenvalue weighted by molar-refractivity contribution is 0.326. The van der Waals surface area contributed by atoms with Gasteiger partial charge < -0.3 is 4.74 Å². The van der Waals surface area contributed by atoms with Crippen LogP contribution in [0.1, 0.15) is 27.2 Å². The molecule has 1 unspecified atom stereocenters. The van der Waals surface area contributed by atoms with Crippen LogP contribution in [0.4, 0.5) is 0 Å². The van der Waals surface area contributed by atoms with Crippen molar-refractivity contribution in [2.75, 3.05) is 13.7 Å². The van der Waals surface area contributed by atoms with E-state index in [2.05, 4.69) is 4.98 Å². The summed E-state index contributed by atoms with van der Waals surface area (Å²) in [6.45, 7) is 6.18. The zero-order valence-corrected chi connectivity index (χ0v) is 12.1. The predicted molar refractivity (Wildman–Crippen MR) is 70.1 cm³/mol. The van der Waals surface area contributed by atoms with Gasteiger partial charge in [-0.15, -0.1) is 0 Å². The Kier molecular flexibility index (Phi) is 5.10. The van der Waals surface area contributed by atoms with Crippen molar-refractivity contribution >= 4 is 10.0 Å². The second-order valence-corrected chi connectivity index (χ2v) is 6.04. The number of hydrogen-bond acceptors (Lipinski definition) is 4. The van der Waals surface area contributed by atoms with E-state index in [0.717, 1.165) is 6.42 Å². The summed E-state index contributed by atoms with van der Waals surface area (Å²) in [7, 11) is -1.88. The first-order valence-corrected chi connectivity index (χ1v) is 7.44. The quantitative estimate of drug-likeness (QED) is 0.793. The minimum Gasteiger partial charge on any atom is -0.478 e. The zero-order chi connectivity index (χ0) is 13.8. The fourth-order valence-electron chi connectivity index (χ4n) is 1.41. The van der Waals surface area contributed by atoms with Gasteiger partial charge in [0.05, 0.1) is 12.8 Å². The molecular formula is C12H20N2O3S. The molecule has 5 nitrogen and oxygen atoms in total. The maximum absolute atomic E-state index is 12.2. The van der Waals surface area contributed by atoms with Crippen molar-refractivity contribution in [3.63, 3.8) is 0 Å². The largest absolute Gasteiger partial charge is 0.478 e. The highest BCUT2D eigenvalue weighted by atomic mass is 32.2. The third-order valence-electron chi connectivity index (χ3n) is 2.89. The molecule has 0 N–H and O–H groups in total. The molecule has 0 saturated heterocycles. The van der Waals surface area contributed by atoms with Crippen LogP contribution in [0.15, 0.2) is 23.2 Å². The molecule has 1 atom stereocenters. The Morgan fingerprint density at radius 2 is 2.06 bits per heavy atom. The molecule has 0 bridgehead atoms. The SMILES string of the molecule is CCOc1ccc(S(=O)(=O)N(C)C(C)CC)cn1. The number of nitrogens with zero attached hydrogens (tertiary/aromatic N) is 2. The Labute approximate surface area is 109 Å². The number of rotatable bonds is 6. The van der Waals surface area contributed by atoms with Gasteiger partial charge in [-0.2, -0.15) is 4.31 Å². The van der Waals surface area contributed by atoms with Crippen LogP contribution in [0.3, 0.4) is 0 Å². The van der Waals surface area contributed by atoms with Crippen LogP contribution in [0.25, 0.3) is 0 Å². The van der Waals surface area contributed by atoms with Crippen molar-refractivity contribution in [3.8, 4) is 5.88 Å². The average molecular weight is 272 g/mol. The Balaban J connectivity index is 2.98. The molecule has 0 aliphatic carbocycles. The van der Waals surface area contributed by atoms with Crippen LogP contribution in [0.2, 0.25) is 0 Å². The van der Waals surface area contributed by atoms with Gasteiger partial charge in [-0.3, -0.25) is 0 Å². The normalized spacial score (nSPS) is 13.6. The third-order valence-corrected chi connectivity index (χ3v) is 4.85. The second-order valence-electron chi connectivity index (χ2n) is 4.04. The highest BCUT2D eigenvalue weighted by molar-refractivity contribution is 7.89. The number of hydrogen-bond donors (Lipinski definition) is 0. The minimum absolute atomic E-state index is 0.0402. The summed E-state index contributed by atoms with van der Waals surface area (Å²) in [6.07, 6.45) is 2.10. The molecular weight excluding hydrogens is 252 g/mol. The number of pyridine rings is 1. The van der Waals surface area contributed by atoms with Crippen LogP contribution in [0, 0.1) is 0 Å². The standard InChI is InChI=1S/C12H20N2O3S/c1-5-10(3)14(4)18(15,16)11-7-8-12(13-9-11)17-6-2/h7-10H,5-6H2,1-4H3. The van der Waals surface area contributed by atoms with Gasteiger partial charge >= 0.3 is 0 Å². The molecule has 6 heteroatoms. The summed E-state index contributed by atoms with van der Waals surface area (Å²) in [4.78, 5) is 4.16.